The van der Waals surface area contributed by atoms with E-state index in [1.807, 2.05) is 48.2 Å². The van der Waals surface area contributed by atoms with Crippen molar-refractivity contribution in [2.75, 3.05) is 11.1 Å². The minimum absolute atomic E-state index is 0.0269. The van der Waals surface area contributed by atoms with Gasteiger partial charge in [-0.2, -0.15) is 0 Å². The average molecular weight is 314 g/mol. The van der Waals surface area contributed by atoms with Crippen molar-refractivity contribution >= 4 is 29.0 Å². The topological polar surface area (TPSA) is 55.1 Å². The van der Waals surface area contributed by atoms with Crippen molar-refractivity contribution in [3.63, 3.8) is 0 Å². The van der Waals surface area contributed by atoms with Crippen LogP contribution in [0.1, 0.15) is 26.3 Å². The highest BCUT2D eigenvalue weighted by Gasteiger charge is 2.12. The first-order chi connectivity index (χ1) is 10.3. The van der Waals surface area contributed by atoms with Crippen molar-refractivity contribution in [2.45, 2.75) is 36.8 Å². The summed E-state index contributed by atoms with van der Waals surface area (Å²) in [6, 6.07) is 15.3. The van der Waals surface area contributed by atoms with Gasteiger partial charge in [-0.15, -0.1) is 11.8 Å². The third-order valence-corrected chi connectivity index (χ3v) is 4.03. The molecule has 0 spiro atoms. The number of thioether (sulfide) groups is 1. The maximum atomic E-state index is 12.0. The first-order valence-corrected chi connectivity index (χ1v) is 8.07. The summed E-state index contributed by atoms with van der Waals surface area (Å²) in [6.07, 6.45) is 0.346. The van der Waals surface area contributed by atoms with Crippen LogP contribution < -0.4 is 11.1 Å². The molecule has 0 heterocycles. The van der Waals surface area contributed by atoms with Crippen molar-refractivity contribution in [3.8, 4) is 0 Å². The lowest BCUT2D eigenvalue weighted by Crippen LogP contribution is -2.14. The number of nitrogen functional groups attached to an aromatic ring is 1. The van der Waals surface area contributed by atoms with Crippen LogP contribution in [0, 0.1) is 0 Å². The molecule has 22 heavy (non-hydrogen) atoms. The Balaban J connectivity index is 1.93. The van der Waals surface area contributed by atoms with E-state index in [-0.39, 0.29) is 10.7 Å². The number of hydrogen-bond donors (Lipinski definition) is 2. The molecule has 4 heteroatoms. The van der Waals surface area contributed by atoms with Crippen LogP contribution in [0.15, 0.2) is 53.4 Å². The largest absolute Gasteiger partial charge is 0.399 e. The van der Waals surface area contributed by atoms with Crippen LogP contribution in [-0.4, -0.2) is 10.7 Å². The third-order valence-electron chi connectivity index (χ3n) is 2.91. The molecule has 2 rings (SSSR count). The number of carbonyl (C=O) groups excluding carboxylic acids is 1. The van der Waals surface area contributed by atoms with E-state index in [0.29, 0.717) is 12.1 Å². The first-order valence-electron chi connectivity index (χ1n) is 7.25. The van der Waals surface area contributed by atoms with Crippen LogP contribution in [0.4, 0.5) is 11.4 Å². The lowest BCUT2D eigenvalue weighted by atomic mass is 10.1. The molecule has 0 aliphatic carbocycles. The summed E-state index contributed by atoms with van der Waals surface area (Å²) >= 11 is 1.81. The van der Waals surface area contributed by atoms with E-state index in [1.165, 1.54) is 4.90 Å². The SMILES string of the molecule is CC(C)(C)Sc1ccc(NC(=O)Cc2ccc(N)cc2)cc1. The molecular weight excluding hydrogens is 292 g/mol. The molecule has 2 aromatic carbocycles. The predicted octanol–water partition coefficient (Wildman–Crippen LogP) is 4.34. The van der Waals surface area contributed by atoms with Gasteiger partial charge in [-0.3, -0.25) is 4.79 Å². The van der Waals surface area contributed by atoms with Gasteiger partial charge in [0.25, 0.3) is 0 Å². The Morgan fingerprint density at radius 1 is 1.05 bits per heavy atom. The fourth-order valence-electron chi connectivity index (χ4n) is 1.99. The smallest absolute Gasteiger partial charge is 0.228 e. The van der Waals surface area contributed by atoms with Gasteiger partial charge in [0.1, 0.15) is 0 Å². The second-order valence-corrected chi connectivity index (χ2v) is 8.11. The molecule has 3 N–H and O–H groups in total. The zero-order valence-electron chi connectivity index (χ0n) is 13.2. The molecule has 0 bridgehead atoms. The molecule has 0 saturated heterocycles. The molecular formula is C18H22N2OS. The van der Waals surface area contributed by atoms with Crippen LogP contribution in [0.25, 0.3) is 0 Å². The van der Waals surface area contributed by atoms with Crippen LogP contribution in [-0.2, 0) is 11.2 Å². The number of carbonyl (C=O) groups is 1. The van der Waals surface area contributed by atoms with Crippen LogP contribution in [0.3, 0.4) is 0 Å². The van der Waals surface area contributed by atoms with Gasteiger partial charge in [0.15, 0.2) is 0 Å². The average Bonchev–Trinajstić information content (AvgIpc) is 2.42. The lowest BCUT2D eigenvalue weighted by molar-refractivity contribution is -0.115. The van der Waals surface area contributed by atoms with Gasteiger partial charge >= 0.3 is 0 Å². The maximum absolute atomic E-state index is 12.0. The highest BCUT2D eigenvalue weighted by Crippen LogP contribution is 2.32. The van der Waals surface area contributed by atoms with Crippen LogP contribution in [0.5, 0.6) is 0 Å². The summed E-state index contributed by atoms with van der Waals surface area (Å²) < 4.78 is 0.180. The number of benzene rings is 2. The zero-order chi connectivity index (χ0) is 16.2. The van der Waals surface area contributed by atoms with E-state index in [1.54, 1.807) is 12.1 Å². The second kappa shape index (κ2) is 6.88. The molecule has 0 radical (unpaired) electrons. The quantitative estimate of drug-likeness (QED) is 0.652. The van der Waals surface area contributed by atoms with E-state index < -0.39 is 0 Å². The molecule has 2 aromatic rings. The summed E-state index contributed by atoms with van der Waals surface area (Å²) in [6.45, 7) is 6.54. The monoisotopic (exact) mass is 314 g/mol. The van der Waals surface area contributed by atoms with Gasteiger partial charge in [-0.25, -0.2) is 0 Å². The van der Waals surface area contributed by atoms with Gasteiger partial charge in [-0.1, -0.05) is 32.9 Å². The van der Waals surface area contributed by atoms with E-state index >= 15 is 0 Å². The maximum Gasteiger partial charge on any atom is 0.228 e. The summed E-state index contributed by atoms with van der Waals surface area (Å²) in [5.74, 6) is -0.0269. The Morgan fingerprint density at radius 2 is 1.64 bits per heavy atom. The highest BCUT2D eigenvalue weighted by molar-refractivity contribution is 8.00. The normalized spacial score (nSPS) is 11.2. The molecule has 3 nitrogen and oxygen atoms in total. The molecule has 0 unspecified atom stereocenters. The molecule has 0 aromatic heterocycles. The van der Waals surface area contributed by atoms with E-state index in [2.05, 4.69) is 26.1 Å². The third kappa shape index (κ3) is 5.45. The van der Waals surface area contributed by atoms with E-state index in [0.717, 1.165) is 11.3 Å². The van der Waals surface area contributed by atoms with Crippen LogP contribution >= 0.6 is 11.8 Å². The highest BCUT2D eigenvalue weighted by atomic mass is 32.2. The Labute approximate surface area is 136 Å². The number of rotatable bonds is 4. The van der Waals surface area contributed by atoms with Gasteiger partial charge in [-0.05, 0) is 42.0 Å². The number of anilines is 2. The fraction of sp³-hybridized carbons (Fsp3) is 0.278. The van der Waals surface area contributed by atoms with Crippen LogP contribution in [0.2, 0.25) is 0 Å². The van der Waals surface area contributed by atoms with Gasteiger partial charge in [0, 0.05) is 21.0 Å². The molecule has 0 fully saturated rings. The van der Waals surface area contributed by atoms with Crippen molar-refractivity contribution in [3.05, 3.63) is 54.1 Å². The van der Waals surface area contributed by atoms with E-state index in [9.17, 15) is 4.79 Å². The van der Waals surface area contributed by atoms with Gasteiger partial charge in [0.05, 0.1) is 6.42 Å². The molecule has 0 aliphatic rings. The number of hydrogen-bond acceptors (Lipinski definition) is 3. The standard InChI is InChI=1S/C18H22N2OS/c1-18(2,3)22-16-10-8-15(9-11-16)20-17(21)12-13-4-6-14(19)7-5-13/h4-11H,12,19H2,1-3H3,(H,20,21). The Morgan fingerprint density at radius 3 is 2.18 bits per heavy atom. The lowest BCUT2D eigenvalue weighted by Gasteiger charge is -2.17. The first kappa shape index (κ1) is 16.4. The second-order valence-electron chi connectivity index (χ2n) is 6.21. The summed E-state index contributed by atoms with van der Waals surface area (Å²) in [4.78, 5) is 13.2. The van der Waals surface area contributed by atoms with Gasteiger partial charge in [0.2, 0.25) is 5.91 Å². The number of amides is 1. The molecule has 0 saturated carbocycles. The minimum Gasteiger partial charge on any atom is -0.399 e. The predicted molar refractivity (Wildman–Crippen MR) is 95.2 cm³/mol. The number of nitrogens with one attached hydrogen (secondary N) is 1. The summed E-state index contributed by atoms with van der Waals surface area (Å²) in [7, 11) is 0. The fourth-order valence-corrected chi connectivity index (χ4v) is 2.97. The van der Waals surface area contributed by atoms with E-state index in [4.69, 9.17) is 5.73 Å². The van der Waals surface area contributed by atoms with Crippen molar-refractivity contribution in [1.29, 1.82) is 0 Å². The Kier molecular flexibility index (Phi) is 5.14. The molecule has 1 amide bonds. The van der Waals surface area contributed by atoms with Crippen molar-refractivity contribution in [2.24, 2.45) is 0 Å². The summed E-state index contributed by atoms with van der Waals surface area (Å²) in [5, 5.41) is 2.92. The molecule has 0 aliphatic heterocycles. The van der Waals surface area contributed by atoms with Gasteiger partial charge < -0.3 is 11.1 Å². The zero-order valence-corrected chi connectivity index (χ0v) is 14.0. The molecule has 116 valence electrons. The molecule has 0 atom stereocenters. The Hall–Kier alpha value is -1.94. The Bertz CT molecular complexity index is 628. The number of nitrogens with two attached hydrogens (primary N) is 1. The summed E-state index contributed by atoms with van der Waals surface area (Å²) in [5.41, 5.74) is 8.11. The minimum atomic E-state index is -0.0269. The van der Waals surface area contributed by atoms with Crippen molar-refractivity contribution in [1.82, 2.24) is 0 Å². The van der Waals surface area contributed by atoms with Crippen molar-refractivity contribution < 1.29 is 4.79 Å².